The molecule has 1 heterocycles. The number of carbonyl (C=O) groups is 1. The van der Waals surface area contributed by atoms with Crippen LogP contribution in [0.5, 0.6) is 23.0 Å². The van der Waals surface area contributed by atoms with Gasteiger partial charge < -0.3 is 29.6 Å². The first-order valence-electron chi connectivity index (χ1n) is 9.60. The van der Waals surface area contributed by atoms with Gasteiger partial charge in [-0.3, -0.25) is 4.79 Å². The van der Waals surface area contributed by atoms with Crippen LogP contribution in [-0.4, -0.2) is 38.8 Å². The van der Waals surface area contributed by atoms with E-state index in [1.54, 1.807) is 38.8 Å². The van der Waals surface area contributed by atoms with Crippen molar-refractivity contribution >= 4 is 28.1 Å². The van der Waals surface area contributed by atoms with Crippen LogP contribution in [0.3, 0.4) is 0 Å². The number of amides is 1. The first-order valence-corrected chi connectivity index (χ1v) is 10.5. The minimum Gasteiger partial charge on any atom is -0.494 e. The van der Waals surface area contributed by atoms with Gasteiger partial charge in [0.1, 0.15) is 11.4 Å². The fraction of sp³-hybridized carbons (Fsp3) is 0.273. The molecule has 164 valence electrons. The summed E-state index contributed by atoms with van der Waals surface area (Å²) in [5.74, 6) is 2.09. The lowest BCUT2D eigenvalue weighted by atomic mass is 10.1. The molecule has 0 unspecified atom stereocenters. The molecule has 31 heavy (non-hydrogen) atoms. The topological polar surface area (TPSA) is 90.9 Å². The van der Waals surface area contributed by atoms with Gasteiger partial charge in [-0.05, 0) is 48.9 Å². The van der Waals surface area contributed by atoms with E-state index in [0.29, 0.717) is 34.7 Å². The van der Waals surface area contributed by atoms with E-state index in [2.05, 4.69) is 15.6 Å². The summed E-state index contributed by atoms with van der Waals surface area (Å²) in [5.41, 5.74) is 2.01. The monoisotopic (exact) mass is 443 g/mol. The van der Waals surface area contributed by atoms with Crippen molar-refractivity contribution in [2.75, 3.05) is 33.3 Å². The Bertz CT molecular complexity index is 995. The van der Waals surface area contributed by atoms with Crippen LogP contribution in [0.2, 0.25) is 0 Å². The number of rotatable bonds is 10. The highest BCUT2D eigenvalue weighted by Crippen LogP contribution is 2.38. The summed E-state index contributed by atoms with van der Waals surface area (Å²) >= 11 is 1.36. The Labute approximate surface area is 185 Å². The fourth-order valence-corrected chi connectivity index (χ4v) is 3.58. The molecular weight excluding hydrogens is 418 g/mol. The van der Waals surface area contributed by atoms with Gasteiger partial charge in [0.15, 0.2) is 16.6 Å². The van der Waals surface area contributed by atoms with Gasteiger partial charge in [-0.15, -0.1) is 11.3 Å². The molecule has 0 aliphatic carbocycles. The van der Waals surface area contributed by atoms with Crippen LogP contribution in [0.4, 0.5) is 10.8 Å². The number of anilines is 2. The summed E-state index contributed by atoms with van der Waals surface area (Å²) < 4.78 is 21.4. The van der Waals surface area contributed by atoms with Gasteiger partial charge in [0.05, 0.1) is 27.9 Å². The lowest BCUT2D eigenvalue weighted by Gasteiger charge is -2.14. The maximum Gasteiger partial charge on any atom is 0.271 e. The van der Waals surface area contributed by atoms with Crippen LogP contribution in [-0.2, 0) is 6.54 Å². The average Bonchev–Trinajstić information content (AvgIpc) is 3.26. The molecule has 9 heteroatoms. The molecule has 0 aliphatic rings. The number of benzene rings is 2. The van der Waals surface area contributed by atoms with Gasteiger partial charge in [-0.2, -0.15) is 0 Å². The third-order valence-corrected chi connectivity index (χ3v) is 5.09. The van der Waals surface area contributed by atoms with Crippen LogP contribution >= 0.6 is 11.3 Å². The number of nitrogens with one attached hydrogen (secondary N) is 2. The highest BCUT2D eigenvalue weighted by Gasteiger charge is 2.15. The number of ether oxygens (including phenoxy) is 4. The SMILES string of the molecule is CCOc1ccc(Nc2nc(C(=O)NCc3cc(OC)c(OC)c(OC)c3)cs2)cc1. The van der Waals surface area contributed by atoms with Crippen LogP contribution in [0.15, 0.2) is 41.8 Å². The second kappa shape index (κ2) is 10.5. The van der Waals surface area contributed by atoms with Gasteiger partial charge in [0, 0.05) is 17.6 Å². The smallest absolute Gasteiger partial charge is 0.271 e. The molecule has 2 N–H and O–H groups in total. The zero-order valence-corrected chi connectivity index (χ0v) is 18.7. The van der Waals surface area contributed by atoms with Crippen molar-refractivity contribution in [2.45, 2.75) is 13.5 Å². The highest BCUT2D eigenvalue weighted by molar-refractivity contribution is 7.14. The predicted molar refractivity (Wildman–Crippen MR) is 120 cm³/mol. The molecule has 0 atom stereocenters. The van der Waals surface area contributed by atoms with E-state index in [1.165, 1.54) is 11.3 Å². The second-order valence-corrected chi connectivity index (χ2v) is 7.19. The van der Waals surface area contributed by atoms with E-state index in [9.17, 15) is 4.79 Å². The lowest BCUT2D eigenvalue weighted by molar-refractivity contribution is 0.0946. The van der Waals surface area contributed by atoms with E-state index < -0.39 is 0 Å². The van der Waals surface area contributed by atoms with Crippen LogP contribution < -0.4 is 29.6 Å². The number of hydrogen-bond donors (Lipinski definition) is 2. The quantitative estimate of drug-likeness (QED) is 0.484. The number of thiazole rings is 1. The lowest BCUT2D eigenvalue weighted by Crippen LogP contribution is -2.23. The summed E-state index contributed by atoms with van der Waals surface area (Å²) in [5, 5.41) is 8.39. The first kappa shape index (κ1) is 22.2. The number of hydrogen-bond acceptors (Lipinski definition) is 8. The summed E-state index contributed by atoms with van der Waals surface area (Å²) in [4.78, 5) is 16.9. The Balaban J connectivity index is 1.62. The highest BCUT2D eigenvalue weighted by atomic mass is 32.1. The van der Waals surface area contributed by atoms with Gasteiger partial charge in [-0.1, -0.05) is 0 Å². The van der Waals surface area contributed by atoms with Crippen molar-refractivity contribution in [3.63, 3.8) is 0 Å². The van der Waals surface area contributed by atoms with Gasteiger partial charge in [0.2, 0.25) is 5.75 Å². The van der Waals surface area contributed by atoms with E-state index in [-0.39, 0.29) is 12.5 Å². The Hall–Kier alpha value is -3.46. The van der Waals surface area contributed by atoms with Crippen molar-refractivity contribution in [2.24, 2.45) is 0 Å². The number of nitrogens with zero attached hydrogens (tertiary/aromatic N) is 1. The molecule has 1 aromatic heterocycles. The Kier molecular flexibility index (Phi) is 7.55. The summed E-state index contributed by atoms with van der Waals surface area (Å²) in [6.07, 6.45) is 0. The molecule has 3 aromatic rings. The summed E-state index contributed by atoms with van der Waals surface area (Å²) in [6, 6.07) is 11.1. The fourth-order valence-electron chi connectivity index (χ4n) is 2.87. The first-order chi connectivity index (χ1) is 15.1. The van der Waals surface area contributed by atoms with Crippen LogP contribution in [0, 0.1) is 0 Å². The molecule has 0 saturated carbocycles. The third-order valence-electron chi connectivity index (χ3n) is 4.33. The number of methoxy groups -OCH3 is 3. The van der Waals surface area contributed by atoms with Crippen LogP contribution in [0.25, 0.3) is 0 Å². The summed E-state index contributed by atoms with van der Waals surface area (Å²) in [7, 11) is 4.64. The van der Waals surface area contributed by atoms with Crippen molar-refractivity contribution in [1.82, 2.24) is 10.3 Å². The van der Waals surface area contributed by atoms with Crippen LogP contribution in [0.1, 0.15) is 23.0 Å². The van der Waals surface area contributed by atoms with E-state index in [4.69, 9.17) is 18.9 Å². The van der Waals surface area contributed by atoms with Gasteiger partial charge in [0.25, 0.3) is 5.91 Å². The maximum atomic E-state index is 12.5. The van der Waals surface area contributed by atoms with E-state index in [0.717, 1.165) is 17.0 Å². The minimum absolute atomic E-state index is 0.273. The molecule has 0 aliphatic heterocycles. The summed E-state index contributed by atoms with van der Waals surface area (Å²) in [6.45, 7) is 2.85. The zero-order valence-electron chi connectivity index (χ0n) is 17.9. The van der Waals surface area contributed by atoms with Gasteiger partial charge >= 0.3 is 0 Å². The van der Waals surface area contributed by atoms with E-state index >= 15 is 0 Å². The minimum atomic E-state index is -0.273. The largest absolute Gasteiger partial charge is 0.494 e. The molecule has 3 rings (SSSR count). The Morgan fingerprint density at radius 2 is 1.71 bits per heavy atom. The average molecular weight is 444 g/mol. The second-order valence-electron chi connectivity index (χ2n) is 6.34. The number of carbonyl (C=O) groups excluding carboxylic acids is 1. The number of aromatic nitrogens is 1. The van der Waals surface area contributed by atoms with Crippen molar-refractivity contribution < 1.29 is 23.7 Å². The van der Waals surface area contributed by atoms with Crippen molar-refractivity contribution in [3.05, 3.63) is 53.0 Å². The van der Waals surface area contributed by atoms with Gasteiger partial charge in [-0.25, -0.2) is 4.98 Å². The molecule has 1 amide bonds. The third kappa shape index (κ3) is 5.58. The molecule has 0 spiro atoms. The molecule has 0 saturated heterocycles. The normalized spacial score (nSPS) is 10.3. The maximum absolute atomic E-state index is 12.5. The predicted octanol–water partition coefficient (Wildman–Crippen LogP) is 4.24. The van der Waals surface area contributed by atoms with Crippen molar-refractivity contribution in [1.29, 1.82) is 0 Å². The Morgan fingerprint density at radius 1 is 1.03 bits per heavy atom. The molecule has 8 nitrogen and oxygen atoms in total. The zero-order chi connectivity index (χ0) is 22.2. The molecule has 0 radical (unpaired) electrons. The molecule has 2 aromatic carbocycles. The molecule has 0 bridgehead atoms. The standard InChI is InChI=1S/C22H25N3O5S/c1-5-30-16-8-6-15(7-9-16)24-22-25-17(13-31-22)21(26)23-12-14-10-18(27-2)20(29-4)19(11-14)28-3/h6-11,13H,5,12H2,1-4H3,(H,23,26)(H,24,25). The van der Waals surface area contributed by atoms with Crippen molar-refractivity contribution in [3.8, 4) is 23.0 Å². The Morgan fingerprint density at radius 3 is 2.29 bits per heavy atom. The van der Waals surface area contributed by atoms with E-state index in [1.807, 2.05) is 31.2 Å². The molecule has 0 fully saturated rings. The molecular formula is C22H25N3O5S.